The second-order valence-corrected chi connectivity index (χ2v) is 7.09. The third kappa shape index (κ3) is 4.68. The van der Waals surface area contributed by atoms with E-state index in [1.165, 1.54) is 5.48 Å². The van der Waals surface area contributed by atoms with Crippen molar-refractivity contribution in [2.75, 3.05) is 10.6 Å². The molecule has 0 aliphatic carbocycles. The van der Waals surface area contributed by atoms with Crippen molar-refractivity contribution in [3.05, 3.63) is 73.1 Å². The van der Waals surface area contributed by atoms with Gasteiger partial charge < -0.3 is 10.6 Å². The molecule has 160 valence electrons. The van der Waals surface area contributed by atoms with Gasteiger partial charge in [-0.1, -0.05) is 12.1 Å². The van der Waals surface area contributed by atoms with E-state index >= 15 is 0 Å². The Morgan fingerprint density at radius 1 is 0.781 bits per heavy atom. The number of hydrogen-bond acceptors (Lipinski definition) is 6. The molecule has 4 rings (SSSR count). The third-order valence-electron chi connectivity index (χ3n) is 4.89. The minimum absolute atomic E-state index is 0.453. The number of nitrogens with zero attached hydrogens (tertiary/aromatic N) is 2. The molecule has 4 aromatic rings. The van der Waals surface area contributed by atoms with Crippen LogP contribution in [0.1, 0.15) is 6.42 Å². The predicted molar refractivity (Wildman–Crippen MR) is 119 cm³/mol. The fourth-order valence-corrected chi connectivity index (χ4v) is 3.30. The molecule has 9 heteroatoms. The first-order valence-electron chi connectivity index (χ1n) is 9.78. The van der Waals surface area contributed by atoms with Crippen molar-refractivity contribution >= 4 is 50.9 Å². The Bertz CT molecular complexity index is 1230. The van der Waals surface area contributed by atoms with E-state index in [1.54, 1.807) is 60.9 Å². The van der Waals surface area contributed by atoms with Gasteiger partial charge in [0, 0.05) is 41.0 Å². The highest BCUT2D eigenvalue weighted by molar-refractivity contribution is 6.13. The molecule has 0 saturated heterocycles. The summed E-state index contributed by atoms with van der Waals surface area (Å²) in [7, 11) is 0. The maximum absolute atomic E-state index is 12.9. The lowest BCUT2D eigenvalue weighted by Gasteiger charge is -2.16. The van der Waals surface area contributed by atoms with Crippen molar-refractivity contribution in [2.45, 2.75) is 6.42 Å². The molecule has 0 aliphatic rings. The molecular formula is C23H19N5O4. The Morgan fingerprint density at radius 3 is 1.75 bits per heavy atom. The highest BCUT2D eigenvalue weighted by Crippen LogP contribution is 2.21. The number of carbonyl (C=O) groups excluding carboxylic acids is 3. The summed E-state index contributed by atoms with van der Waals surface area (Å²) < 4.78 is 0. The molecule has 0 aliphatic heterocycles. The Balaban J connectivity index is 1.54. The van der Waals surface area contributed by atoms with Gasteiger partial charge in [-0.05, 0) is 48.5 Å². The van der Waals surface area contributed by atoms with Gasteiger partial charge in [0.25, 0.3) is 0 Å². The van der Waals surface area contributed by atoms with Crippen molar-refractivity contribution in [3.8, 4) is 0 Å². The maximum atomic E-state index is 12.9. The van der Waals surface area contributed by atoms with E-state index in [4.69, 9.17) is 5.21 Å². The molecule has 9 nitrogen and oxygen atoms in total. The number of benzene rings is 2. The van der Waals surface area contributed by atoms with Gasteiger partial charge in [0.05, 0.1) is 11.0 Å². The summed E-state index contributed by atoms with van der Waals surface area (Å²) >= 11 is 0. The number of anilines is 2. The number of carbonyl (C=O) groups is 3. The number of fused-ring (bicyclic) bond motifs is 2. The summed E-state index contributed by atoms with van der Waals surface area (Å²) in [5, 5.41) is 15.8. The van der Waals surface area contributed by atoms with Crippen LogP contribution in [-0.2, 0) is 14.4 Å². The first-order chi connectivity index (χ1) is 15.5. The zero-order chi connectivity index (χ0) is 22.5. The highest BCUT2D eigenvalue weighted by Gasteiger charge is 2.29. The van der Waals surface area contributed by atoms with Crippen molar-refractivity contribution in [1.82, 2.24) is 15.4 Å². The summed E-state index contributed by atoms with van der Waals surface area (Å²) in [4.78, 5) is 46.0. The summed E-state index contributed by atoms with van der Waals surface area (Å²) in [6.07, 6.45) is 2.80. The molecule has 2 aromatic heterocycles. The fraction of sp³-hybridized carbons (Fsp3) is 0.0870. The first kappa shape index (κ1) is 20.9. The van der Waals surface area contributed by atoms with Crippen LogP contribution in [0, 0.1) is 5.92 Å². The van der Waals surface area contributed by atoms with E-state index in [1.807, 2.05) is 12.1 Å². The maximum Gasteiger partial charge on any atom is 0.244 e. The van der Waals surface area contributed by atoms with E-state index < -0.39 is 30.1 Å². The van der Waals surface area contributed by atoms with Crippen molar-refractivity contribution in [3.63, 3.8) is 0 Å². The summed E-state index contributed by atoms with van der Waals surface area (Å²) in [6.45, 7) is 0. The van der Waals surface area contributed by atoms with Gasteiger partial charge in [-0.25, -0.2) is 5.48 Å². The van der Waals surface area contributed by atoms with Gasteiger partial charge >= 0.3 is 0 Å². The van der Waals surface area contributed by atoms with Gasteiger partial charge in [-0.15, -0.1) is 0 Å². The number of hydrogen-bond donors (Lipinski definition) is 4. The molecule has 2 aromatic carbocycles. The lowest BCUT2D eigenvalue weighted by molar-refractivity contribution is -0.137. The van der Waals surface area contributed by atoms with Crippen LogP contribution in [0.5, 0.6) is 0 Å². The third-order valence-corrected chi connectivity index (χ3v) is 4.89. The summed E-state index contributed by atoms with van der Waals surface area (Å²) in [6, 6.07) is 17.5. The van der Waals surface area contributed by atoms with Crippen LogP contribution in [0.4, 0.5) is 11.4 Å². The normalized spacial score (nSPS) is 10.8. The number of aromatic nitrogens is 2. The Labute approximate surface area is 182 Å². The van der Waals surface area contributed by atoms with Crippen molar-refractivity contribution in [1.29, 1.82) is 0 Å². The summed E-state index contributed by atoms with van der Waals surface area (Å²) in [5.74, 6) is -3.60. The zero-order valence-corrected chi connectivity index (χ0v) is 16.8. The zero-order valence-electron chi connectivity index (χ0n) is 16.8. The van der Waals surface area contributed by atoms with Gasteiger partial charge in [0.2, 0.25) is 17.7 Å². The van der Waals surface area contributed by atoms with E-state index in [-0.39, 0.29) is 0 Å². The molecule has 0 spiro atoms. The second-order valence-electron chi connectivity index (χ2n) is 7.09. The molecular weight excluding hydrogens is 410 g/mol. The quantitative estimate of drug-likeness (QED) is 0.212. The van der Waals surface area contributed by atoms with Crippen LogP contribution in [-0.4, -0.2) is 32.9 Å². The number of pyridine rings is 2. The number of nitrogens with one attached hydrogen (secondary N) is 3. The molecule has 3 amide bonds. The van der Waals surface area contributed by atoms with Crippen LogP contribution in [0.2, 0.25) is 0 Å². The van der Waals surface area contributed by atoms with E-state index in [0.29, 0.717) is 11.4 Å². The van der Waals surface area contributed by atoms with Gasteiger partial charge in [0.1, 0.15) is 5.92 Å². The summed E-state index contributed by atoms with van der Waals surface area (Å²) in [5.41, 5.74) is 3.88. The SMILES string of the molecule is O=C(CC(C(=O)Nc1ccc2ncccc2c1)C(=O)Nc1ccc2ncccc2c1)NO. The lowest BCUT2D eigenvalue weighted by atomic mass is 10.0. The van der Waals surface area contributed by atoms with Gasteiger partial charge in [0.15, 0.2) is 0 Å². The molecule has 0 atom stereocenters. The van der Waals surface area contributed by atoms with Crippen molar-refractivity contribution in [2.24, 2.45) is 5.92 Å². The van der Waals surface area contributed by atoms with Crippen LogP contribution in [0.15, 0.2) is 73.1 Å². The average molecular weight is 429 g/mol. The molecule has 2 heterocycles. The molecule has 0 fully saturated rings. The largest absolute Gasteiger partial charge is 0.325 e. The first-order valence-corrected chi connectivity index (χ1v) is 9.78. The number of rotatable bonds is 6. The number of hydroxylamine groups is 1. The molecule has 0 bridgehead atoms. The Morgan fingerprint density at radius 2 is 1.28 bits per heavy atom. The number of amides is 3. The standard InChI is InChI=1S/C23H19N5O4/c29-21(28-32)13-18(22(30)26-16-5-7-19-14(11-16)3-1-9-24-19)23(31)27-17-6-8-20-15(12-17)4-2-10-25-20/h1-12,18,32H,13H2,(H,26,30)(H,27,31)(H,28,29). The van der Waals surface area contributed by atoms with Crippen LogP contribution < -0.4 is 16.1 Å². The topological polar surface area (TPSA) is 133 Å². The van der Waals surface area contributed by atoms with Gasteiger partial charge in [-0.2, -0.15) is 0 Å². The molecule has 32 heavy (non-hydrogen) atoms. The van der Waals surface area contributed by atoms with Crippen LogP contribution >= 0.6 is 0 Å². The predicted octanol–water partition coefficient (Wildman–Crippen LogP) is 2.87. The van der Waals surface area contributed by atoms with E-state index in [0.717, 1.165) is 21.8 Å². The van der Waals surface area contributed by atoms with E-state index in [2.05, 4.69) is 20.6 Å². The minimum Gasteiger partial charge on any atom is -0.325 e. The molecule has 4 N–H and O–H groups in total. The highest BCUT2D eigenvalue weighted by atomic mass is 16.5. The molecule has 0 radical (unpaired) electrons. The second kappa shape index (κ2) is 9.19. The van der Waals surface area contributed by atoms with Crippen molar-refractivity contribution < 1.29 is 19.6 Å². The lowest BCUT2D eigenvalue weighted by Crippen LogP contribution is -2.37. The van der Waals surface area contributed by atoms with Crippen LogP contribution in [0.25, 0.3) is 21.8 Å². The van der Waals surface area contributed by atoms with E-state index in [9.17, 15) is 14.4 Å². The molecule has 0 saturated carbocycles. The fourth-order valence-electron chi connectivity index (χ4n) is 3.30. The average Bonchev–Trinajstić information content (AvgIpc) is 2.82. The Kier molecular flexibility index (Phi) is 6.00. The van der Waals surface area contributed by atoms with Gasteiger partial charge in [-0.3, -0.25) is 29.6 Å². The van der Waals surface area contributed by atoms with Crippen LogP contribution in [0.3, 0.4) is 0 Å². The monoisotopic (exact) mass is 429 g/mol. The Hall–Kier alpha value is -4.37. The smallest absolute Gasteiger partial charge is 0.244 e. The minimum atomic E-state index is -1.38. The molecule has 0 unspecified atom stereocenters.